The van der Waals surface area contributed by atoms with Gasteiger partial charge in [0, 0.05) is 13.0 Å². The summed E-state index contributed by atoms with van der Waals surface area (Å²) in [7, 11) is 6.71. The van der Waals surface area contributed by atoms with E-state index in [-0.39, 0.29) is 0 Å². The van der Waals surface area contributed by atoms with E-state index in [0.29, 0.717) is 0 Å². The van der Waals surface area contributed by atoms with Crippen LogP contribution in [-0.2, 0) is 4.74 Å². The highest BCUT2D eigenvalue weighted by atomic mass is 16.5. The molecule has 0 aromatic heterocycles. The summed E-state index contributed by atoms with van der Waals surface area (Å²) in [5.74, 6) is 0. The van der Waals surface area contributed by atoms with Crippen LogP contribution in [-0.4, -0.2) is 45.4 Å². The molecule has 0 spiro atoms. The first kappa shape index (κ1) is 18.9. The number of ether oxygens (including phenoxy) is 1. The summed E-state index contributed by atoms with van der Waals surface area (Å²) >= 11 is 0. The lowest BCUT2D eigenvalue weighted by atomic mass is 10.1. The monoisotopic (exact) mass is 272 g/mol. The van der Waals surface area contributed by atoms with Crippen molar-refractivity contribution in [3.05, 3.63) is 0 Å². The standard InChI is InChI=1S/C17H38NO/c1-5-6-7-8-9-10-11-12-13-16-19-17-14-15-18(2,3)4/h5-17H2,1-4H3/q+1. The van der Waals surface area contributed by atoms with Gasteiger partial charge in [-0.25, -0.2) is 0 Å². The van der Waals surface area contributed by atoms with Crippen molar-refractivity contribution in [3.63, 3.8) is 0 Å². The minimum Gasteiger partial charge on any atom is -0.381 e. The minimum absolute atomic E-state index is 0.937. The van der Waals surface area contributed by atoms with Crippen LogP contribution in [0.4, 0.5) is 0 Å². The molecule has 0 amide bonds. The zero-order valence-corrected chi connectivity index (χ0v) is 14.0. The van der Waals surface area contributed by atoms with Gasteiger partial charge in [-0.2, -0.15) is 0 Å². The summed E-state index contributed by atoms with van der Waals surface area (Å²) in [5, 5.41) is 0. The van der Waals surface area contributed by atoms with Crippen molar-refractivity contribution in [2.45, 2.75) is 71.1 Å². The zero-order valence-electron chi connectivity index (χ0n) is 14.0. The fourth-order valence-corrected chi connectivity index (χ4v) is 2.26. The molecule has 0 aliphatic carbocycles. The summed E-state index contributed by atoms with van der Waals surface area (Å²) in [6.45, 7) is 5.39. The van der Waals surface area contributed by atoms with E-state index in [1.54, 1.807) is 0 Å². The summed E-state index contributed by atoms with van der Waals surface area (Å²) in [6, 6.07) is 0. The Kier molecular flexibility index (Phi) is 12.9. The lowest BCUT2D eigenvalue weighted by molar-refractivity contribution is -0.870. The largest absolute Gasteiger partial charge is 0.381 e. The Bertz CT molecular complexity index is 175. The zero-order chi connectivity index (χ0) is 14.4. The van der Waals surface area contributed by atoms with E-state index in [2.05, 4.69) is 28.1 Å². The number of unbranched alkanes of at least 4 members (excludes halogenated alkanes) is 8. The van der Waals surface area contributed by atoms with Crippen LogP contribution >= 0.6 is 0 Å². The van der Waals surface area contributed by atoms with Gasteiger partial charge >= 0.3 is 0 Å². The Balaban J connectivity index is 2.99. The quantitative estimate of drug-likeness (QED) is 0.331. The number of quaternary nitrogens is 1. The second-order valence-corrected chi connectivity index (χ2v) is 6.81. The van der Waals surface area contributed by atoms with E-state index in [1.165, 1.54) is 70.8 Å². The van der Waals surface area contributed by atoms with Crippen LogP contribution in [0.25, 0.3) is 0 Å². The second-order valence-electron chi connectivity index (χ2n) is 6.81. The van der Waals surface area contributed by atoms with Crippen molar-refractivity contribution >= 4 is 0 Å². The van der Waals surface area contributed by atoms with Crippen LogP contribution in [0.5, 0.6) is 0 Å². The van der Waals surface area contributed by atoms with Crippen LogP contribution in [0.1, 0.15) is 71.1 Å². The molecule has 19 heavy (non-hydrogen) atoms. The molecular formula is C17H38NO+. The van der Waals surface area contributed by atoms with Gasteiger partial charge in [0.1, 0.15) is 0 Å². The third-order valence-corrected chi connectivity index (χ3v) is 3.51. The van der Waals surface area contributed by atoms with Crippen LogP contribution in [0.15, 0.2) is 0 Å². The Morgan fingerprint density at radius 1 is 0.632 bits per heavy atom. The maximum Gasteiger partial charge on any atom is 0.0802 e. The van der Waals surface area contributed by atoms with Crippen molar-refractivity contribution in [1.82, 2.24) is 0 Å². The van der Waals surface area contributed by atoms with Gasteiger partial charge in [0.2, 0.25) is 0 Å². The Morgan fingerprint density at radius 2 is 1.11 bits per heavy atom. The molecule has 0 aromatic carbocycles. The second kappa shape index (κ2) is 12.9. The minimum atomic E-state index is 0.937. The maximum atomic E-state index is 5.68. The molecule has 2 nitrogen and oxygen atoms in total. The van der Waals surface area contributed by atoms with Crippen molar-refractivity contribution in [1.29, 1.82) is 0 Å². The van der Waals surface area contributed by atoms with Gasteiger partial charge in [0.15, 0.2) is 0 Å². The molecule has 0 heterocycles. The summed E-state index contributed by atoms with van der Waals surface area (Å²) in [4.78, 5) is 0. The third kappa shape index (κ3) is 17.9. The van der Waals surface area contributed by atoms with Crippen LogP contribution < -0.4 is 0 Å². The molecule has 0 N–H and O–H groups in total. The lowest BCUT2D eigenvalue weighted by Crippen LogP contribution is -2.35. The Labute approximate surface area is 122 Å². The van der Waals surface area contributed by atoms with Crippen molar-refractivity contribution in [3.8, 4) is 0 Å². The average molecular weight is 272 g/mol. The summed E-state index contributed by atoms with van der Waals surface area (Å²) in [5.41, 5.74) is 0. The number of rotatable bonds is 14. The molecule has 0 fully saturated rings. The van der Waals surface area contributed by atoms with Gasteiger partial charge in [-0.3, -0.25) is 0 Å². The van der Waals surface area contributed by atoms with E-state index >= 15 is 0 Å². The van der Waals surface area contributed by atoms with Gasteiger partial charge in [-0.05, 0) is 6.42 Å². The van der Waals surface area contributed by atoms with Crippen molar-refractivity contribution < 1.29 is 9.22 Å². The molecule has 0 bridgehead atoms. The summed E-state index contributed by atoms with van der Waals surface area (Å²) < 4.78 is 6.72. The molecule has 0 aliphatic heterocycles. The fourth-order valence-electron chi connectivity index (χ4n) is 2.26. The highest BCUT2D eigenvalue weighted by Crippen LogP contribution is 2.09. The molecule has 0 saturated heterocycles. The number of hydrogen-bond donors (Lipinski definition) is 0. The normalized spacial score (nSPS) is 12.0. The number of hydrogen-bond acceptors (Lipinski definition) is 1. The highest BCUT2D eigenvalue weighted by molar-refractivity contribution is 4.46. The fraction of sp³-hybridized carbons (Fsp3) is 1.00. The molecule has 0 aromatic rings. The molecule has 0 radical (unpaired) electrons. The molecule has 116 valence electrons. The van der Waals surface area contributed by atoms with Crippen LogP contribution in [0.3, 0.4) is 0 Å². The molecule has 0 rings (SSSR count). The smallest absolute Gasteiger partial charge is 0.0802 e. The first-order valence-electron chi connectivity index (χ1n) is 8.44. The molecule has 0 aliphatic rings. The SMILES string of the molecule is CCCCCCCCCCCOCCC[N+](C)(C)C. The van der Waals surface area contributed by atoms with E-state index < -0.39 is 0 Å². The van der Waals surface area contributed by atoms with Crippen LogP contribution in [0, 0.1) is 0 Å². The predicted octanol–water partition coefficient (Wildman–Crippen LogP) is 4.63. The average Bonchev–Trinajstić information content (AvgIpc) is 2.34. The predicted molar refractivity (Wildman–Crippen MR) is 85.6 cm³/mol. The third-order valence-electron chi connectivity index (χ3n) is 3.51. The molecule has 0 unspecified atom stereocenters. The molecule has 0 saturated carbocycles. The van der Waals surface area contributed by atoms with E-state index in [4.69, 9.17) is 4.74 Å². The highest BCUT2D eigenvalue weighted by Gasteiger charge is 2.05. The molecule has 2 heteroatoms. The topological polar surface area (TPSA) is 9.23 Å². The van der Waals surface area contributed by atoms with Crippen LogP contribution in [0.2, 0.25) is 0 Å². The van der Waals surface area contributed by atoms with Gasteiger partial charge < -0.3 is 9.22 Å². The molecular weight excluding hydrogens is 234 g/mol. The Hall–Kier alpha value is -0.0800. The first-order valence-corrected chi connectivity index (χ1v) is 8.44. The van der Waals surface area contributed by atoms with Gasteiger partial charge in [-0.15, -0.1) is 0 Å². The van der Waals surface area contributed by atoms with Crippen molar-refractivity contribution in [2.75, 3.05) is 40.9 Å². The summed E-state index contributed by atoms with van der Waals surface area (Å²) in [6.07, 6.45) is 13.7. The van der Waals surface area contributed by atoms with Crippen molar-refractivity contribution in [2.24, 2.45) is 0 Å². The lowest BCUT2D eigenvalue weighted by Gasteiger charge is -2.23. The van der Waals surface area contributed by atoms with Gasteiger partial charge in [0.25, 0.3) is 0 Å². The molecule has 0 atom stereocenters. The first-order chi connectivity index (χ1) is 9.06. The number of nitrogens with zero attached hydrogens (tertiary/aromatic N) is 1. The van der Waals surface area contributed by atoms with Gasteiger partial charge in [0.05, 0.1) is 34.3 Å². The maximum absolute atomic E-state index is 5.68. The van der Waals surface area contributed by atoms with E-state index in [1.807, 2.05) is 0 Å². The van der Waals surface area contributed by atoms with Gasteiger partial charge in [-0.1, -0.05) is 58.3 Å². The Morgan fingerprint density at radius 3 is 1.63 bits per heavy atom. The van der Waals surface area contributed by atoms with E-state index in [0.717, 1.165) is 17.7 Å². The van der Waals surface area contributed by atoms with E-state index in [9.17, 15) is 0 Å².